The second kappa shape index (κ2) is 9.91. The molecule has 1 heterocycles. The highest BCUT2D eigenvalue weighted by Crippen LogP contribution is 2.30. The Kier molecular flexibility index (Phi) is 8.74. The fourth-order valence-corrected chi connectivity index (χ4v) is 5.22. The van der Waals surface area contributed by atoms with Gasteiger partial charge >= 0.3 is 0 Å². The molecule has 0 saturated carbocycles. The molecule has 1 aliphatic rings. The molecule has 9 heteroatoms. The van der Waals surface area contributed by atoms with E-state index in [4.69, 9.17) is 10.5 Å². The van der Waals surface area contributed by atoms with Gasteiger partial charge in [-0.3, -0.25) is 4.79 Å². The summed E-state index contributed by atoms with van der Waals surface area (Å²) in [5, 5.41) is 2.96. The molecule has 1 unspecified atom stereocenters. The second-order valence-electron chi connectivity index (χ2n) is 7.79. The number of hydrogen-bond acceptors (Lipinski definition) is 5. The van der Waals surface area contributed by atoms with Gasteiger partial charge in [0.2, 0.25) is 10.0 Å². The van der Waals surface area contributed by atoms with E-state index >= 15 is 0 Å². The first-order valence-electron chi connectivity index (χ1n) is 9.34. The number of amides is 1. The summed E-state index contributed by atoms with van der Waals surface area (Å²) in [6.07, 6.45) is 2.40. The van der Waals surface area contributed by atoms with Crippen LogP contribution < -0.4 is 15.8 Å². The van der Waals surface area contributed by atoms with Crippen molar-refractivity contribution in [2.24, 2.45) is 11.7 Å². The molecule has 1 aromatic rings. The van der Waals surface area contributed by atoms with Crippen LogP contribution in [0.4, 0.5) is 0 Å². The van der Waals surface area contributed by atoms with Crippen LogP contribution >= 0.6 is 12.4 Å². The molecule has 1 saturated heterocycles. The monoisotopic (exact) mass is 433 g/mol. The fourth-order valence-electron chi connectivity index (χ4n) is 3.52. The van der Waals surface area contributed by atoms with Crippen molar-refractivity contribution in [2.45, 2.75) is 50.5 Å². The summed E-state index contributed by atoms with van der Waals surface area (Å²) in [5.74, 6) is 0.257. The predicted molar refractivity (Wildman–Crippen MR) is 113 cm³/mol. The number of sulfonamides is 1. The normalized spacial score (nSPS) is 17.1. The molecule has 7 nitrogen and oxygen atoms in total. The zero-order chi connectivity index (χ0) is 20.2. The number of nitrogens with two attached hydrogens (primary N) is 1. The van der Waals surface area contributed by atoms with Gasteiger partial charge in [0.15, 0.2) is 0 Å². The van der Waals surface area contributed by atoms with E-state index in [0.717, 1.165) is 19.3 Å². The van der Waals surface area contributed by atoms with Crippen LogP contribution in [0.3, 0.4) is 0 Å². The van der Waals surface area contributed by atoms with Gasteiger partial charge in [0, 0.05) is 30.7 Å². The topological polar surface area (TPSA) is 102 Å². The molecule has 0 radical (unpaired) electrons. The van der Waals surface area contributed by atoms with Crippen LogP contribution in [0.25, 0.3) is 0 Å². The standard InChI is InChI=1S/C19H31N3O4S.ClH/c1-14(2)12-19(3,13-20)21-18(23)15-7-8-16(26-4)17(11-15)27(24,25)22-9-5-6-10-22;/h7-8,11,14H,5-6,9-10,12-13,20H2,1-4H3,(H,21,23);1H. The van der Waals surface area contributed by atoms with E-state index < -0.39 is 15.6 Å². The van der Waals surface area contributed by atoms with E-state index in [2.05, 4.69) is 19.2 Å². The maximum absolute atomic E-state index is 13.0. The number of nitrogens with zero attached hydrogens (tertiary/aromatic N) is 1. The van der Waals surface area contributed by atoms with E-state index in [0.29, 0.717) is 25.6 Å². The first kappa shape index (κ1) is 24.7. The van der Waals surface area contributed by atoms with Gasteiger partial charge in [0.05, 0.1) is 7.11 Å². The maximum Gasteiger partial charge on any atom is 0.251 e. The van der Waals surface area contributed by atoms with Crippen LogP contribution in [0.15, 0.2) is 23.1 Å². The molecule has 1 aliphatic heterocycles. The van der Waals surface area contributed by atoms with E-state index in [1.54, 1.807) is 6.07 Å². The van der Waals surface area contributed by atoms with Gasteiger partial charge in [-0.1, -0.05) is 13.8 Å². The van der Waals surface area contributed by atoms with Crippen LogP contribution in [0.5, 0.6) is 5.75 Å². The van der Waals surface area contributed by atoms with Crippen molar-refractivity contribution < 1.29 is 17.9 Å². The average molecular weight is 434 g/mol. The molecule has 0 aliphatic carbocycles. The van der Waals surface area contributed by atoms with Crippen LogP contribution in [0.1, 0.15) is 50.4 Å². The van der Waals surface area contributed by atoms with Crippen molar-refractivity contribution in [1.82, 2.24) is 9.62 Å². The Hall–Kier alpha value is -1.35. The SMILES string of the molecule is COc1ccc(C(=O)NC(C)(CN)CC(C)C)cc1S(=O)(=O)N1CCCC1.Cl. The molecule has 2 rings (SSSR count). The van der Waals surface area contributed by atoms with Crippen LogP contribution in [0.2, 0.25) is 0 Å². The van der Waals surface area contributed by atoms with Gasteiger partial charge in [-0.2, -0.15) is 4.31 Å². The Balaban J connectivity index is 0.00000392. The third-order valence-corrected chi connectivity index (χ3v) is 6.75. The van der Waals surface area contributed by atoms with Gasteiger partial charge in [0.1, 0.15) is 10.6 Å². The first-order chi connectivity index (χ1) is 12.6. The number of carbonyl (C=O) groups is 1. The third-order valence-electron chi connectivity index (χ3n) is 4.83. The van der Waals surface area contributed by atoms with E-state index in [1.807, 2.05) is 6.92 Å². The Labute approximate surface area is 174 Å². The smallest absolute Gasteiger partial charge is 0.251 e. The fraction of sp³-hybridized carbons (Fsp3) is 0.632. The highest BCUT2D eigenvalue weighted by atomic mass is 35.5. The van der Waals surface area contributed by atoms with E-state index in [9.17, 15) is 13.2 Å². The molecule has 160 valence electrons. The van der Waals surface area contributed by atoms with Crippen LogP contribution in [0, 0.1) is 5.92 Å². The minimum absolute atomic E-state index is 0. The largest absolute Gasteiger partial charge is 0.495 e. The lowest BCUT2D eigenvalue weighted by Crippen LogP contribution is -2.52. The molecule has 3 N–H and O–H groups in total. The summed E-state index contributed by atoms with van der Waals surface area (Å²) in [6, 6.07) is 4.50. The van der Waals surface area contributed by atoms with E-state index in [1.165, 1.54) is 23.5 Å². The zero-order valence-corrected chi connectivity index (χ0v) is 18.7. The maximum atomic E-state index is 13.0. The molecule has 0 aromatic heterocycles. The van der Waals surface area contributed by atoms with Crippen molar-refractivity contribution in [3.63, 3.8) is 0 Å². The minimum atomic E-state index is -3.70. The molecule has 28 heavy (non-hydrogen) atoms. The summed E-state index contributed by atoms with van der Waals surface area (Å²) in [6.45, 7) is 7.30. The lowest BCUT2D eigenvalue weighted by molar-refractivity contribution is 0.0898. The Morgan fingerprint density at radius 2 is 1.93 bits per heavy atom. The highest BCUT2D eigenvalue weighted by Gasteiger charge is 2.32. The predicted octanol–water partition coefficient (Wildman–Crippen LogP) is 2.39. The molecular formula is C19H32ClN3O4S. The van der Waals surface area contributed by atoms with Crippen molar-refractivity contribution in [3.8, 4) is 5.75 Å². The van der Waals surface area contributed by atoms with E-state index in [-0.39, 0.29) is 34.5 Å². The number of carbonyl (C=O) groups excluding carboxylic acids is 1. The molecule has 1 fully saturated rings. The number of ether oxygens (including phenoxy) is 1. The summed E-state index contributed by atoms with van der Waals surface area (Å²) in [5.41, 5.74) is 5.59. The van der Waals surface area contributed by atoms with Gasteiger partial charge in [0.25, 0.3) is 5.91 Å². The molecular weight excluding hydrogens is 402 g/mol. The van der Waals surface area contributed by atoms with Gasteiger partial charge in [-0.25, -0.2) is 8.42 Å². The average Bonchev–Trinajstić information content (AvgIpc) is 3.15. The Bertz CT molecular complexity index is 779. The van der Waals surface area contributed by atoms with Gasteiger partial charge < -0.3 is 15.8 Å². The number of halogens is 1. The van der Waals surface area contributed by atoms with Crippen molar-refractivity contribution in [3.05, 3.63) is 23.8 Å². The lowest BCUT2D eigenvalue weighted by atomic mass is 9.90. The summed E-state index contributed by atoms with van der Waals surface area (Å²) >= 11 is 0. The van der Waals surface area contributed by atoms with Gasteiger partial charge in [-0.15, -0.1) is 12.4 Å². The Morgan fingerprint density at radius 3 is 2.43 bits per heavy atom. The Morgan fingerprint density at radius 1 is 1.32 bits per heavy atom. The van der Waals surface area contributed by atoms with Crippen LogP contribution in [-0.2, 0) is 10.0 Å². The third kappa shape index (κ3) is 5.59. The molecule has 0 bridgehead atoms. The van der Waals surface area contributed by atoms with Crippen molar-refractivity contribution in [2.75, 3.05) is 26.7 Å². The number of nitrogens with one attached hydrogen (secondary N) is 1. The first-order valence-corrected chi connectivity index (χ1v) is 10.8. The number of methoxy groups -OCH3 is 1. The molecule has 1 amide bonds. The summed E-state index contributed by atoms with van der Waals surface area (Å²) in [7, 11) is -2.28. The number of hydrogen-bond donors (Lipinski definition) is 2. The summed E-state index contributed by atoms with van der Waals surface area (Å²) in [4.78, 5) is 12.8. The molecule has 1 atom stereocenters. The van der Waals surface area contributed by atoms with Crippen molar-refractivity contribution in [1.29, 1.82) is 0 Å². The molecule has 0 spiro atoms. The van der Waals surface area contributed by atoms with Crippen LogP contribution in [-0.4, -0.2) is 50.9 Å². The number of rotatable bonds is 8. The quantitative estimate of drug-likeness (QED) is 0.655. The summed E-state index contributed by atoms with van der Waals surface area (Å²) < 4.78 is 32.6. The second-order valence-corrected chi connectivity index (χ2v) is 9.70. The lowest BCUT2D eigenvalue weighted by Gasteiger charge is -2.31. The minimum Gasteiger partial charge on any atom is -0.495 e. The zero-order valence-electron chi connectivity index (χ0n) is 17.0. The highest BCUT2D eigenvalue weighted by molar-refractivity contribution is 7.89. The molecule has 1 aromatic carbocycles. The number of benzene rings is 1. The van der Waals surface area contributed by atoms with Gasteiger partial charge in [-0.05, 0) is 50.3 Å². The van der Waals surface area contributed by atoms with Crippen molar-refractivity contribution >= 4 is 28.3 Å².